The van der Waals surface area contributed by atoms with Crippen LogP contribution in [0.2, 0.25) is 5.02 Å². The highest BCUT2D eigenvalue weighted by atomic mass is 35.5. The lowest BCUT2D eigenvalue weighted by molar-refractivity contribution is 0.0703. The molecule has 0 unspecified atom stereocenters. The van der Waals surface area contributed by atoms with Crippen LogP contribution in [0.1, 0.15) is 46.6 Å². The van der Waals surface area contributed by atoms with Gasteiger partial charge in [-0.25, -0.2) is 4.39 Å². The minimum Gasteiger partial charge on any atom is -0.360 e. The number of benzene rings is 1. The number of rotatable bonds is 3. The third-order valence-corrected chi connectivity index (χ3v) is 5.27. The van der Waals surface area contributed by atoms with Gasteiger partial charge in [-0.3, -0.25) is 4.79 Å². The molecule has 0 radical (unpaired) electrons. The minimum atomic E-state index is -0.555. The largest absolute Gasteiger partial charge is 0.360 e. The Labute approximate surface area is 165 Å². The van der Waals surface area contributed by atoms with Gasteiger partial charge in [-0.05, 0) is 38.8 Å². The van der Waals surface area contributed by atoms with Gasteiger partial charge in [0, 0.05) is 19.0 Å². The van der Waals surface area contributed by atoms with Crippen LogP contribution >= 0.6 is 11.6 Å². The van der Waals surface area contributed by atoms with E-state index in [1.807, 2.05) is 0 Å². The van der Waals surface area contributed by atoms with E-state index in [0.29, 0.717) is 43.4 Å². The van der Waals surface area contributed by atoms with Crippen LogP contribution < -0.4 is 0 Å². The van der Waals surface area contributed by atoms with Crippen LogP contribution in [0.3, 0.4) is 0 Å². The fourth-order valence-corrected chi connectivity index (χ4v) is 3.74. The van der Waals surface area contributed by atoms with Crippen molar-refractivity contribution in [2.75, 3.05) is 13.1 Å². The van der Waals surface area contributed by atoms with Crippen LogP contribution in [-0.2, 0) is 0 Å². The monoisotopic (exact) mass is 404 g/mol. The Morgan fingerprint density at radius 2 is 1.96 bits per heavy atom. The van der Waals surface area contributed by atoms with Gasteiger partial charge >= 0.3 is 0 Å². The van der Waals surface area contributed by atoms with E-state index in [9.17, 15) is 9.18 Å². The number of halogens is 2. The number of aromatic nitrogens is 3. The number of hydrogen-bond acceptors (Lipinski definition) is 6. The van der Waals surface area contributed by atoms with Crippen LogP contribution in [0.15, 0.2) is 27.2 Å². The zero-order valence-electron chi connectivity index (χ0n) is 15.4. The minimum absolute atomic E-state index is 0.0700. The van der Waals surface area contributed by atoms with Crippen molar-refractivity contribution < 1.29 is 18.2 Å². The molecule has 0 N–H and O–H groups in total. The first kappa shape index (κ1) is 18.6. The van der Waals surface area contributed by atoms with Crippen molar-refractivity contribution >= 4 is 17.5 Å². The highest BCUT2D eigenvalue weighted by Crippen LogP contribution is 2.35. The average Bonchev–Trinajstić information content (AvgIpc) is 3.27. The molecule has 3 heterocycles. The lowest BCUT2D eigenvalue weighted by atomic mass is 9.95. The van der Waals surface area contributed by atoms with E-state index in [1.165, 1.54) is 12.1 Å². The maximum Gasteiger partial charge on any atom is 0.259 e. The summed E-state index contributed by atoms with van der Waals surface area (Å²) in [6, 6.07) is 4.33. The molecule has 0 saturated carbocycles. The normalized spacial score (nSPS) is 15.2. The Hall–Kier alpha value is -2.74. The Kier molecular flexibility index (Phi) is 4.89. The summed E-state index contributed by atoms with van der Waals surface area (Å²) < 4.78 is 24.8. The molecule has 146 valence electrons. The molecule has 1 fully saturated rings. The Morgan fingerprint density at radius 3 is 2.61 bits per heavy atom. The number of amides is 1. The number of hydrogen-bond donors (Lipinski definition) is 0. The van der Waals surface area contributed by atoms with Gasteiger partial charge in [-0.1, -0.05) is 28.0 Å². The Bertz CT molecular complexity index is 1000. The third kappa shape index (κ3) is 3.28. The van der Waals surface area contributed by atoms with Crippen molar-refractivity contribution in [2.24, 2.45) is 0 Å². The number of likely N-dealkylation sites (tertiary alicyclic amines) is 1. The predicted octanol–water partition coefficient (Wildman–Crippen LogP) is 4.15. The average molecular weight is 405 g/mol. The summed E-state index contributed by atoms with van der Waals surface area (Å²) in [5.74, 6) is 0.835. The van der Waals surface area contributed by atoms with Crippen molar-refractivity contribution in [3.05, 3.63) is 52.1 Å². The molecule has 0 aliphatic carbocycles. The highest BCUT2D eigenvalue weighted by molar-refractivity contribution is 6.33. The molecule has 1 aliphatic rings. The Morgan fingerprint density at radius 1 is 1.21 bits per heavy atom. The van der Waals surface area contributed by atoms with Gasteiger partial charge in [0.15, 0.2) is 5.82 Å². The molecular weight excluding hydrogens is 387 g/mol. The maximum absolute atomic E-state index is 14.4. The summed E-state index contributed by atoms with van der Waals surface area (Å²) in [5.41, 5.74) is 0.430. The summed E-state index contributed by atoms with van der Waals surface area (Å²) in [5, 5.41) is 7.91. The zero-order valence-corrected chi connectivity index (χ0v) is 16.2. The van der Waals surface area contributed by atoms with Crippen LogP contribution in [0, 0.1) is 19.7 Å². The fraction of sp³-hybridized carbons (Fsp3) is 0.368. The van der Waals surface area contributed by atoms with Crippen LogP contribution in [0.25, 0.3) is 11.3 Å². The zero-order chi connectivity index (χ0) is 19.8. The molecule has 0 atom stereocenters. The highest BCUT2D eigenvalue weighted by Gasteiger charge is 2.32. The second kappa shape index (κ2) is 7.35. The maximum atomic E-state index is 14.4. The molecule has 3 aromatic rings. The van der Waals surface area contributed by atoms with Crippen LogP contribution in [0.4, 0.5) is 4.39 Å². The summed E-state index contributed by atoms with van der Waals surface area (Å²) in [7, 11) is 0. The third-order valence-electron chi connectivity index (χ3n) is 4.95. The summed E-state index contributed by atoms with van der Waals surface area (Å²) in [6.45, 7) is 4.43. The molecule has 1 aliphatic heterocycles. The number of piperidine rings is 1. The molecule has 1 amide bonds. The molecule has 0 bridgehead atoms. The van der Waals surface area contributed by atoms with Crippen molar-refractivity contribution in [2.45, 2.75) is 32.6 Å². The fourth-order valence-electron chi connectivity index (χ4n) is 3.49. The van der Waals surface area contributed by atoms with Crippen molar-refractivity contribution in [1.82, 2.24) is 20.2 Å². The van der Waals surface area contributed by atoms with Gasteiger partial charge in [0.1, 0.15) is 22.8 Å². The van der Waals surface area contributed by atoms with E-state index in [2.05, 4.69) is 15.3 Å². The van der Waals surface area contributed by atoms with E-state index in [4.69, 9.17) is 20.6 Å². The molecule has 0 spiro atoms. The first-order chi connectivity index (χ1) is 13.5. The molecule has 4 rings (SSSR count). The first-order valence-electron chi connectivity index (χ1n) is 8.96. The lowest BCUT2D eigenvalue weighted by Gasteiger charge is -2.30. The number of carbonyl (C=O) groups is 1. The molecule has 28 heavy (non-hydrogen) atoms. The van der Waals surface area contributed by atoms with Gasteiger partial charge in [-0.2, -0.15) is 4.98 Å². The summed E-state index contributed by atoms with van der Waals surface area (Å²) >= 11 is 6.15. The van der Waals surface area contributed by atoms with Gasteiger partial charge in [0.2, 0.25) is 5.89 Å². The quantitative estimate of drug-likeness (QED) is 0.651. The van der Waals surface area contributed by atoms with Crippen LogP contribution in [0.5, 0.6) is 0 Å². The van der Waals surface area contributed by atoms with E-state index < -0.39 is 5.82 Å². The molecular formula is C19H18ClFN4O3. The van der Waals surface area contributed by atoms with Crippen molar-refractivity contribution in [3.8, 4) is 11.3 Å². The molecule has 9 heteroatoms. The lowest BCUT2D eigenvalue weighted by Crippen LogP contribution is -2.38. The van der Waals surface area contributed by atoms with Gasteiger partial charge in [0.25, 0.3) is 5.91 Å². The van der Waals surface area contributed by atoms with E-state index in [0.717, 1.165) is 0 Å². The smallest absolute Gasteiger partial charge is 0.259 e. The first-order valence-corrected chi connectivity index (χ1v) is 9.33. The number of carbonyl (C=O) groups excluding carboxylic acids is 1. The topological polar surface area (TPSA) is 85.3 Å². The summed E-state index contributed by atoms with van der Waals surface area (Å²) in [4.78, 5) is 19.1. The standard InChI is InChI=1S/C19H18ClFN4O3/c1-10-15(17(24-27-10)16-13(20)4-3-5-14(16)21)19(26)25-8-6-12(7-9-25)18-22-11(2)23-28-18/h3-5,12H,6-9H2,1-2H3. The SMILES string of the molecule is Cc1noc(C2CCN(C(=O)c3c(-c4c(F)cccc4Cl)noc3C)CC2)n1. The second-order valence-electron chi connectivity index (χ2n) is 6.81. The summed E-state index contributed by atoms with van der Waals surface area (Å²) in [6.07, 6.45) is 1.40. The number of nitrogens with zero attached hydrogens (tertiary/aromatic N) is 4. The van der Waals surface area contributed by atoms with E-state index in [1.54, 1.807) is 24.8 Å². The van der Waals surface area contributed by atoms with E-state index >= 15 is 0 Å². The number of aryl methyl sites for hydroxylation is 2. The molecule has 1 aromatic carbocycles. The second-order valence-corrected chi connectivity index (χ2v) is 7.21. The molecule has 2 aromatic heterocycles. The van der Waals surface area contributed by atoms with Crippen molar-refractivity contribution in [1.29, 1.82) is 0 Å². The Balaban J connectivity index is 1.57. The van der Waals surface area contributed by atoms with E-state index in [-0.39, 0.29) is 33.7 Å². The van der Waals surface area contributed by atoms with Crippen molar-refractivity contribution in [3.63, 3.8) is 0 Å². The van der Waals surface area contributed by atoms with Crippen LogP contribution in [-0.4, -0.2) is 39.2 Å². The van der Waals surface area contributed by atoms with Gasteiger partial charge in [0.05, 0.1) is 10.6 Å². The molecule has 7 nitrogen and oxygen atoms in total. The van der Waals surface area contributed by atoms with Gasteiger partial charge in [-0.15, -0.1) is 0 Å². The molecule has 1 saturated heterocycles. The predicted molar refractivity (Wildman–Crippen MR) is 98.6 cm³/mol. The van der Waals surface area contributed by atoms with Gasteiger partial charge < -0.3 is 13.9 Å².